The highest BCUT2D eigenvalue weighted by atomic mass is 16.5. The SMILES string of the molecule is CCCNC(CC(C)OC)c1cncnc1. The van der Waals surface area contributed by atoms with E-state index >= 15 is 0 Å². The number of hydrogen-bond acceptors (Lipinski definition) is 4. The third kappa shape index (κ3) is 4.24. The number of methoxy groups -OCH3 is 1. The van der Waals surface area contributed by atoms with Gasteiger partial charge in [-0.2, -0.15) is 0 Å². The minimum absolute atomic E-state index is 0.231. The third-order valence-corrected chi connectivity index (χ3v) is 2.59. The van der Waals surface area contributed by atoms with E-state index in [1.165, 1.54) is 0 Å². The topological polar surface area (TPSA) is 47.0 Å². The van der Waals surface area contributed by atoms with E-state index < -0.39 is 0 Å². The van der Waals surface area contributed by atoms with Crippen molar-refractivity contribution in [2.45, 2.75) is 38.8 Å². The van der Waals surface area contributed by atoms with Gasteiger partial charge in [0.05, 0.1) is 6.10 Å². The normalized spacial score (nSPS) is 14.7. The fourth-order valence-electron chi connectivity index (χ4n) is 1.57. The molecular weight excluding hydrogens is 202 g/mol. The molecule has 1 heterocycles. The Morgan fingerprint density at radius 1 is 1.38 bits per heavy atom. The number of aromatic nitrogens is 2. The fraction of sp³-hybridized carbons (Fsp3) is 0.667. The molecule has 0 saturated carbocycles. The number of hydrogen-bond donors (Lipinski definition) is 1. The maximum Gasteiger partial charge on any atom is 0.115 e. The molecule has 0 aliphatic rings. The Bertz CT molecular complexity index is 279. The quantitative estimate of drug-likeness (QED) is 0.767. The van der Waals surface area contributed by atoms with Gasteiger partial charge in [0.2, 0.25) is 0 Å². The van der Waals surface area contributed by atoms with Gasteiger partial charge in [-0.15, -0.1) is 0 Å². The average Bonchev–Trinajstić information content (AvgIpc) is 2.35. The molecule has 2 atom stereocenters. The van der Waals surface area contributed by atoms with Crippen LogP contribution in [0.1, 0.15) is 38.3 Å². The van der Waals surface area contributed by atoms with Gasteiger partial charge < -0.3 is 10.1 Å². The van der Waals surface area contributed by atoms with Gasteiger partial charge in [-0.1, -0.05) is 6.92 Å². The van der Waals surface area contributed by atoms with Crippen molar-refractivity contribution >= 4 is 0 Å². The summed E-state index contributed by atoms with van der Waals surface area (Å²) in [5.74, 6) is 0. The van der Waals surface area contributed by atoms with E-state index in [1.807, 2.05) is 12.4 Å². The van der Waals surface area contributed by atoms with Crippen LogP contribution in [0.2, 0.25) is 0 Å². The number of nitrogens with one attached hydrogen (secondary N) is 1. The van der Waals surface area contributed by atoms with Crippen LogP contribution in [0.4, 0.5) is 0 Å². The zero-order valence-corrected chi connectivity index (χ0v) is 10.3. The maximum atomic E-state index is 5.30. The summed E-state index contributed by atoms with van der Waals surface area (Å²) in [6, 6.07) is 0.274. The molecule has 1 rings (SSSR count). The van der Waals surface area contributed by atoms with Crippen molar-refractivity contribution in [3.8, 4) is 0 Å². The molecule has 1 N–H and O–H groups in total. The predicted molar refractivity (Wildman–Crippen MR) is 64.2 cm³/mol. The molecule has 1 aromatic heterocycles. The molecule has 90 valence electrons. The Morgan fingerprint density at radius 2 is 2.06 bits per heavy atom. The lowest BCUT2D eigenvalue weighted by atomic mass is 10.0. The van der Waals surface area contributed by atoms with E-state index in [4.69, 9.17) is 4.74 Å². The first-order chi connectivity index (χ1) is 7.77. The fourth-order valence-corrected chi connectivity index (χ4v) is 1.57. The van der Waals surface area contributed by atoms with Gasteiger partial charge in [-0.25, -0.2) is 9.97 Å². The highest BCUT2D eigenvalue weighted by Gasteiger charge is 2.14. The van der Waals surface area contributed by atoms with Gasteiger partial charge in [-0.05, 0) is 26.3 Å². The third-order valence-electron chi connectivity index (χ3n) is 2.59. The first-order valence-electron chi connectivity index (χ1n) is 5.79. The van der Waals surface area contributed by atoms with Gasteiger partial charge in [0.1, 0.15) is 6.33 Å². The van der Waals surface area contributed by atoms with Crippen LogP contribution in [-0.2, 0) is 4.74 Å². The number of ether oxygens (including phenoxy) is 1. The molecule has 0 fully saturated rings. The highest BCUT2D eigenvalue weighted by Crippen LogP contribution is 2.17. The molecule has 0 spiro atoms. The van der Waals surface area contributed by atoms with Crippen LogP contribution >= 0.6 is 0 Å². The van der Waals surface area contributed by atoms with Crippen LogP contribution in [-0.4, -0.2) is 29.7 Å². The van der Waals surface area contributed by atoms with Crippen LogP contribution in [0.25, 0.3) is 0 Å². The van der Waals surface area contributed by atoms with E-state index in [2.05, 4.69) is 29.1 Å². The Hall–Kier alpha value is -1.00. The Kier molecular flexibility index (Phi) is 5.96. The predicted octanol–water partition coefficient (Wildman–Crippen LogP) is 1.94. The van der Waals surface area contributed by atoms with Crippen LogP contribution in [0.5, 0.6) is 0 Å². The maximum absolute atomic E-state index is 5.30. The largest absolute Gasteiger partial charge is 0.382 e. The molecule has 0 aromatic carbocycles. The van der Waals surface area contributed by atoms with E-state index in [1.54, 1.807) is 13.4 Å². The second-order valence-corrected chi connectivity index (χ2v) is 3.96. The summed E-state index contributed by atoms with van der Waals surface area (Å²) in [4.78, 5) is 8.11. The van der Waals surface area contributed by atoms with Crippen LogP contribution in [0.15, 0.2) is 18.7 Å². The molecule has 4 nitrogen and oxygen atoms in total. The van der Waals surface area contributed by atoms with Crippen LogP contribution in [0.3, 0.4) is 0 Å². The zero-order chi connectivity index (χ0) is 11.8. The molecule has 1 aromatic rings. The van der Waals surface area contributed by atoms with Gasteiger partial charge in [0, 0.05) is 31.1 Å². The second-order valence-electron chi connectivity index (χ2n) is 3.96. The van der Waals surface area contributed by atoms with Crippen molar-refractivity contribution in [3.63, 3.8) is 0 Å². The minimum atomic E-state index is 0.231. The smallest absolute Gasteiger partial charge is 0.115 e. The first kappa shape index (κ1) is 13.1. The lowest BCUT2D eigenvalue weighted by molar-refractivity contribution is 0.100. The lowest BCUT2D eigenvalue weighted by Crippen LogP contribution is -2.26. The summed E-state index contributed by atoms with van der Waals surface area (Å²) in [6.07, 6.45) is 7.57. The second kappa shape index (κ2) is 7.30. The molecular formula is C12H21N3O. The first-order valence-corrected chi connectivity index (χ1v) is 5.79. The molecule has 16 heavy (non-hydrogen) atoms. The van der Waals surface area contributed by atoms with E-state index in [0.29, 0.717) is 0 Å². The molecule has 0 bridgehead atoms. The molecule has 0 saturated heterocycles. The van der Waals surface area contributed by atoms with Crippen molar-refractivity contribution in [3.05, 3.63) is 24.3 Å². The summed E-state index contributed by atoms with van der Waals surface area (Å²) in [6.45, 7) is 5.23. The van der Waals surface area contributed by atoms with Gasteiger partial charge in [-0.3, -0.25) is 0 Å². The average molecular weight is 223 g/mol. The standard InChI is InChI=1S/C12H21N3O/c1-4-5-15-12(6-10(2)16-3)11-7-13-9-14-8-11/h7-10,12,15H,4-6H2,1-3H3. The highest BCUT2D eigenvalue weighted by molar-refractivity contribution is 5.09. The van der Waals surface area contributed by atoms with Crippen LogP contribution < -0.4 is 5.32 Å². The monoisotopic (exact) mass is 223 g/mol. The van der Waals surface area contributed by atoms with E-state index in [-0.39, 0.29) is 12.1 Å². The summed E-state index contributed by atoms with van der Waals surface area (Å²) in [5.41, 5.74) is 1.12. The summed E-state index contributed by atoms with van der Waals surface area (Å²) < 4.78 is 5.30. The zero-order valence-electron chi connectivity index (χ0n) is 10.3. The van der Waals surface area contributed by atoms with Crippen molar-refractivity contribution in [1.82, 2.24) is 15.3 Å². The molecule has 4 heteroatoms. The summed E-state index contributed by atoms with van der Waals surface area (Å²) in [5, 5.41) is 3.49. The van der Waals surface area contributed by atoms with Gasteiger partial charge in [0.25, 0.3) is 0 Å². The molecule has 0 aliphatic carbocycles. The minimum Gasteiger partial charge on any atom is -0.382 e. The summed E-state index contributed by atoms with van der Waals surface area (Å²) in [7, 11) is 1.74. The summed E-state index contributed by atoms with van der Waals surface area (Å²) >= 11 is 0. The Labute approximate surface area is 97.5 Å². The van der Waals surface area contributed by atoms with Crippen molar-refractivity contribution in [2.75, 3.05) is 13.7 Å². The molecule has 0 aliphatic heterocycles. The Balaban J connectivity index is 2.63. The van der Waals surface area contributed by atoms with Crippen LogP contribution in [0, 0.1) is 0 Å². The van der Waals surface area contributed by atoms with Crippen molar-refractivity contribution in [2.24, 2.45) is 0 Å². The number of nitrogens with zero attached hydrogens (tertiary/aromatic N) is 2. The lowest BCUT2D eigenvalue weighted by Gasteiger charge is -2.21. The van der Waals surface area contributed by atoms with Gasteiger partial charge in [0.15, 0.2) is 0 Å². The number of rotatable bonds is 7. The Morgan fingerprint density at radius 3 is 2.62 bits per heavy atom. The van der Waals surface area contributed by atoms with Gasteiger partial charge >= 0.3 is 0 Å². The molecule has 2 unspecified atom stereocenters. The van der Waals surface area contributed by atoms with Crippen molar-refractivity contribution < 1.29 is 4.74 Å². The van der Waals surface area contributed by atoms with E-state index in [9.17, 15) is 0 Å². The molecule has 0 radical (unpaired) electrons. The molecule has 0 amide bonds. The van der Waals surface area contributed by atoms with E-state index in [0.717, 1.165) is 24.9 Å². The van der Waals surface area contributed by atoms with Crippen molar-refractivity contribution in [1.29, 1.82) is 0 Å².